The Hall–Kier alpha value is -0.970. The molecule has 0 spiro atoms. The second kappa shape index (κ2) is 8.35. The van der Waals surface area contributed by atoms with Crippen molar-refractivity contribution in [3.8, 4) is 0 Å². The van der Waals surface area contributed by atoms with E-state index in [1.165, 1.54) is 0 Å². The molecule has 0 aromatic heterocycles. The lowest BCUT2D eigenvalue weighted by atomic mass is 10.0. The van der Waals surface area contributed by atoms with Crippen molar-refractivity contribution in [2.24, 2.45) is 0 Å². The number of nitrogens with one attached hydrogen (secondary N) is 1. The van der Waals surface area contributed by atoms with Crippen LogP contribution in [0, 0.1) is 5.82 Å². The highest BCUT2D eigenvalue weighted by Gasteiger charge is 2.17. The molecule has 1 fully saturated rings. The molecule has 1 N–H and O–H groups in total. The molecule has 112 valence electrons. The lowest BCUT2D eigenvalue weighted by molar-refractivity contribution is 0.0361. The molecule has 1 unspecified atom stereocenters. The van der Waals surface area contributed by atoms with Crippen LogP contribution in [0.4, 0.5) is 4.39 Å². The summed E-state index contributed by atoms with van der Waals surface area (Å²) in [5.74, 6) is -0.108. The number of ether oxygens (including phenoxy) is 1. The monoisotopic (exact) mass is 280 g/mol. The second-order valence-corrected chi connectivity index (χ2v) is 5.27. The highest BCUT2D eigenvalue weighted by atomic mass is 19.1. The molecule has 1 aliphatic rings. The summed E-state index contributed by atoms with van der Waals surface area (Å²) in [6.45, 7) is 7.63. The lowest BCUT2D eigenvalue weighted by Gasteiger charge is -2.29. The number of morpholine rings is 1. The van der Waals surface area contributed by atoms with Gasteiger partial charge in [-0.3, -0.25) is 4.90 Å². The molecule has 0 saturated carbocycles. The normalized spacial score (nSPS) is 18.1. The van der Waals surface area contributed by atoms with E-state index in [9.17, 15) is 4.39 Å². The van der Waals surface area contributed by atoms with Crippen LogP contribution < -0.4 is 5.32 Å². The van der Waals surface area contributed by atoms with Crippen molar-refractivity contribution in [3.05, 3.63) is 35.6 Å². The SMILES string of the molecule is CCCNC(CCN1CCOCC1)c1ccccc1F. The van der Waals surface area contributed by atoms with Crippen molar-refractivity contribution < 1.29 is 9.13 Å². The predicted octanol–water partition coefficient (Wildman–Crippen LogP) is 2.59. The lowest BCUT2D eigenvalue weighted by Crippen LogP contribution is -2.38. The third kappa shape index (κ3) is 4.54. The molecule has 0 radical (unpaired) electrons. The standard InChI is InChI=1S/C16H25FN2O/c1-2-8-18-16(14-5-3-4-6-15(14)17)7-9-19-10-12-20-13-11-19/h3-6,16,18H,2,7-13H2,1H3. The Bertz CT molecular complexity index is 394. The molecular weight excluding hydrogens is 255 g/mol. The Labute approximate surface area is 121 Å². The van der Waals surface area contributed by atoms with E-state index < -0.39 is 0 Å². The van der Waals surface area contributed by atoms with Crippen LogP contribution in [0.3, 0.4) is 0 Å². The zero-order valence-electron chi connectivity index (χ0n) is 12.3. The van der Waals surface area contributed by atoms with Gasteiger partial charge in [0, 0.05) is 31.2 Å². The van der Waals surface area contributed by atoms with E-state index in [-0.39, 0.29) is 11.9 Å². The molecule has 1 saturated heterocycles. The van der Waals surface area contributed by atoms with Crippen molar-refractivity contribution in [1.82, 2.24) is 10.2 Å². The maximum absolute atomic E-state index is 14.0. The first kappa shape index (κ1) is 15.4. The summed E-state index contributed by atoms with van der Waals surface area (Å²) in [5, 5.41) is 3.47. The van der Waals surface area contributed by atoms with E-state index in [1.807, 2.05) is 12.1 Å². The molecule has 1 aromatic carbocycles. The summed E-state index contributed by atoms with van der Waals surface area (Å²) in [5.41, 5.74) is 0.786. The van der Waals surface area contributed by atoms with Crippen molar-refractivity contribution >= 4 is 0 Å². The van der Waals surface area contributed by atoms with E-state index in [0.29, 0.717) is 0 Å². The van der Waals surface area contributed by atoms with Crippen LogP contribution in [0.15, 0.2) is 24.3 Å². The fourth-order valence-corrected chi connectivity index (χ4v) is 2.58. The molecule has 0 aliphatic carbocycles. The van der Waals surface area contributed by atoms with Crippen molar-refractivity contribution in [1.29, 1.82) is 0 Å². The Balaban J connectivity index is 1.94. The fraction of sp³-hybridized carbons (Fsp3) is 0.625. The number of hydrogen-bond acceptors (Lipinski definition) is 3. The van der Waals surface area contributed by atoms with Crippen LogP contribution in [0.2, 0.25) is 0 Å². The van der Waals surface area contributed by atoms with Crippen LogP contribution in [0.25, 0.3) is 0 Å². The maximum atomic E-state index is 14.0. The molecule has 0 amide bonds. The van der Waals surface area contributed by atoms with Crippen LogP contribution >= 0.6 is 0 Å². The highest BCUT2D eigenvalue weighted by molar-refractivity contribution is 5.21. The van der Waals surface area contributed by atoms with Crippen molar-refractivity contribution in [3.63, 3.8) is 0 Å². The van der Waals surface area contributed by atoms with Crippen molar-refractivity contribution in [2.45, 2.75) is 25.8 Å². The smallest absolute Gasteiger partial charge is 0.127 e. The van der Waals surface area contributed by atoms with E-state index in [1.54, 1.807) is 12.1 Å². The number of hydrogen-bond donors (Lipinski definition) is 1. The van der Waals surface area contributed by atoms with Gasteiger partial charge < -0.3 is 10.1 Å². The van der Waals surface area contributed by atoms with Gasteiger partial charge in [-0.25, -0.2) is 4.39 Å². The van der Waals surface area contributed by atoms with E-state index >= 15 is 0 Å². The summed E-state index contributed by atoms with van der Waals surface area (Å²) in [7, 11) is 0. The first-order chi connectivity index (χ1) is 9.81. The molecule has 1 aromatic rings. The van der Waals surface area contributed by atoms with E-state index in [0.717, 1.165) is 57.8 Å². The third-order valence-corrected chi connectivity index (χ3v) is 3.76. The van der Waals surface area contributed by atoms with Crippen LogP contribution in [-0.4, -0.2) is 44.3 Å². The van der Waals surface area contributed by atoms with E-state index in [2.05, 4.69) is 17.1 Å². The topological polar surface area (TPSA) is 24.5 Å². The first-order valence-corrected chi connectivity index (χ1v) is 7.59. The van der Waals surface area contributed by atoms with Gasteiger partial charge in [0.05, 0.1) is 13.2 Å². The molecular formula is C16H25FN2O. The van der Waals surface area contributed by atoms with Gasteiger partial charge in [0.25, 0.3) is 0 Å². The minimum atomic E-state index is -0.108. The Morgan fingerprint density at radius 2 is 2.05 bits per heavy atom. The second-order valence-electron chi connectivity index (χ2n) is 5.27. The van der Waals surface area contributed by atoms with Gasteiger partial charge in [0.1, 0.15) is 5.82 Å². The highest BCUT2D eigenvalue weighted by Crippen LogP contribution is 2.20. The average molecular weight is 280 g/mol. The molecule has 0 bridgehead atoms. The molecule has 2 rings (SSSR count). The molecule has 1 atom stereocenters. The van der Waals surface area contributed by atoms with Gasteiger partial charge in [-0.1, -0.05) is 25.1 Å². The van der Waals surface area contributed by atoms with Crippen LogP contribution in [0.1, 0.15) is 31.4 Å². The van der Waals surface area contributed by atoms with Gasteiger partial charge in [0.2, 0.25) is 0 Å². The Kier molecular flexibility index (Phi) is 6.43. The van der Waals surface area contributed by atoms with Gasteiger partial charge in [-0.05, 0) is 25.5 Å². The van der Waals surface area contributed by atoms with Gasteiger partial charge in [-0.2, -0.15) is 0 Å². The molecule has 1 aliphatic heterocycles. The number of benzene rings is 1. The zero-order valence-corrected chi connectivity index (χ0v) is 12.3. The average Bonchev–Trinajstić information content (AvgIpc) is 2.49. The van der Waals surface area contributed by atoms with Gasteiger partial charge in [-0.15, -0.1) is 0 Å². The zero-order chi connectivity index (χ0) is 14.2. The number of rotatable bonds is 7. The molecule has 3 nitrogen and oxygen atoms in total. The predicted molar refractivity (Wildman–Crippen MR) is 79.3 cm³/mol. The molecule has 1 heterocycles. The number of halogens is 1. The minimum Gasteiger partial charge on any atom is -0.379 e. The van der Waals surface area contributed by atoms with Gasteiger partial charge >= 0.3 is 0 Å². The first-order valence-electron chi connectivity index (χ1n) is 7.59. The van der Waals surface area contributed by atoms with Crippen LogP contribution in [0.5, 0.6) is 0 Å². The fourth-order valence-electron chi connectivity index (χ4n) is 2.58. The summed E-state index contributed by atoms with van der Waals surface area (Å²) in [6, 6.07) is 7.19. The third-order valence-electron chi connectivity index (χ3n) is 3.76. The molecule has 20 heavy (non-hydrogen) atoms. The summed E-state index contributed by atoms with van der Waals surface area (Å²) in [6.07, 6.45) is 1.99. The summed E-state index contributed by atoms with van der Waals surface area (Å²) < 4.78 is 19.3. The number of nitrogens with zero attached hydrogens (tertiary/aromatic N) is 1. The maximum Gasteiger partial charge on any atom is 0.127 e. The summed E-state index contributed by atoms with van der Waals surface area (Å²) in [4.78, 5) is 2.39. The van der Waals surface area contributed by atoms with Crippen LogP contribution in [-0.2, 0) is 4.74 Å². The minimum absolute atomic E-state index is 0.0963. The van der Waals surface area contributed by atoms with E-state index in [4.69, 9.17) is 4.74 Å². The van der Waals surface area contributed by atoms with Gasteiger partial charge in [0.15, 0.2) is 0 Å². The quantitative estimate of drug-likeness (QED) is 0.831. The largest absolute Gasteiger partial charge is 0.379 e. The van der Waals surface area contributed by atoms with Crippen molar-refractivity contribution in [2.75, 3.05) is 39.4 Å². The summed E-state index contributed by atoms with van der Waals surface area (Å²) >= 11 is 0. The Morgan fingerprint density at radius 3 is 2.75 bits per heavy atom. The Morgan fingerprint density at radius 1 is 1.30 bits per heavy atom. The molecule has 4 heteroatoms.